The molecular weight excluding hydrogens is 234 g/mol. The number of aliphatic carboxylic acids is 1. The molecule has 0 amide bonds. The number of aromatic amines is 1. The molecule has 0 saturated carbocycles. The number of anilines is 1. The van der Waals surface area contributed by atoms with Crippen molar-refractivity contribution in [3.63, 3.8) is 0 Å². The highest BCUT2D eigenvalue weighted by atomic mass is 16.4. The summed E-state index contributed by atoms with van der Waals surface area (Å²) >= 11 is 0. The molecule has 0 saturated heterocycles. The fraction of sp³-hybridized carbons (Fsp3) is 0.583. The highest BCUT2D eigenvalue weighted by molar-refractivity contribution is 5.67. The molecule has 0 unspecified atom stereocenters. The number of hydrogen-bond donors (Lipinski definition) is 2. The van der Waals surface area contributed by atoms with Gasteiger partial charge in [-0.15, -0.1) is 0 Å². The molecule has 0 spiro atoms. The SMILES string of the molecule is CCN(CCC(=O)O)c1cc(=O)[nH]c(C(C)C)n1. The number of rotatable bonds is 6. The van der Waals surface area contributed by atoms with Crippen molar-refractivity contribution in [2.75, 3.05) is 18.0 Å². The molecule has 0 aromatic carbocycles. The van der Waals surface area contributed by atoms with E-state index in [2.05, 4.69) is 9.97 Å². The predicted octanol–water partition coefficient (Wildman–Crippen LogP) is 1.19. The molecule has 18 heavy (non-hydrogen) atoms. The minimum atomic E-state index is -0.859. The van der Waals surface area contributed by atoms with Gasteiger partial charge in [0.15, 0.2) is 0 Å². The van der Waals surface area contributed by atoms with Gasteiger partial charge in [0.2, 0.25) is 0 Å². The van der Waals surface area contributed by atoms with Gasteiger partial charge in [-0.1, -0.05) is 13.8 Å². The van der Waals surface area contributed by atoms with Crippen LogP contribution in [-0.2, 0) is 4.79 Å². The minimum absolute atomic E-state index is 0.0271. The number of hydrogen-bond acceptors (Lipinski definition) is 4. The van der Waals surface area contributed by atoms with Crippen LogP contribution in [0.2, 0.25) is 0 Å². The summed E-state index contributed by atoms with van der Waals surface area (Å²) in [6.07, 6.45) is 0.0271. The zero-order valence-corrected chi connectivity index (χ0v) is 10.9. The lowest BCUT2D eigenvalue weighted by atomic mass is 10.2. The van der Waals surface area contributed by atoms with E-state index in [1.54, 1.807) is 4.90 Å². The molecule has 1 aromatic heterocycles. The smallest absolute Gasteiger partial charge is 0.305 e. The Morgan fingerprint density at radius 3 is 2.72 bits per heavy atom. The predicted molar refractivity (Wildman–Crippen MR) is 69.1 cm³/mol. The quantitative estimate of drug-likeness (QED) is 0.795. The lowest BCUT2D eigenvalue weighted by molar-refractivity contribution is -0.136. The summed E-state index contributed by atoms with van der Waals surface area (Å²) in [5.41, 5.74) is -0.211. The first kappa shape index (κ1) is 14.2. The maximum atomic E-state index is 11.5. The van der Waals surface area contributed by atoms with Gasteiger partial charge in [0, 0.05) is 25.1 Å². The first-order valence-corrected chi connectivity index (χ1v) is 6.02. The van der Waals surface area contributed by atoms with E-state index in [1.807, 2.05) is 20.8 Å². The Labute approximate surface area is 106 Å². The first-order valence-electron chi connectivity index (χ1n) is 6.02. The number of nitrogens with one attached hydrogen (secondary N) is 1. The van der Waals surface area contributed by atoms with Crippen LogP contribution in [0.4, 0.5) is 5.82 Å². The Balaban J connectivity index is 2.98. The Kier molecular flexibility index (Phi) is 4.88. The summed E-state index contributed by atoms with van der Waals surface area (Å²) in [7, 11) is 0. The van der Waals surface area contributed by atoms with Crippen molar-refractivity contribution in [2.45, 2.75) is 33.1 Å². The maximum Gasteiger partial charge on any atom is 0.305 e. The van der Waals surface area contributed by atoms with Gasteiger partial charge in [-0.2, -0.15) is 0 Å². The second-order valence-corrected chi connectivity index (χ2v) is 4.37. The van der Waals surface area contributed by atoms with Crippen molar-refractivity contribution in [2.24, 2.45) is 0 Å². The summed E-state index contributed by atoms with van der Waals surface area (Å²) in [5, 5.41) is 8.69. The second kappa shape index (κ2) is 6.18. The zero-order chi connectivity index (χ0) is 13.7. The summed E-state index contributed by atoms with van der Waals surface area (Å²) < 4.78 is 0. The molecule has 100 valence electrons. The lowest BCUT2D eigenvalue weighted by Crippen LogP contribution is -2.29. The number of carboxylic acid groups (broad SMARTS) is 1. The Morgan fingerprint density at radius 1 is 1.56 bits per heavy atom. The van der Waals surface area contributed by atoms with Crippen LogP contribution < -0.4 is 10.5 Å². The molecule has 0 radical (unpaired) electrons. The topological polar surface area (TPSA) is 86.3 Å². The molecular formula is C12H19N3O3. The van der Waals surface area contributed by atoms with Gasteiger partial charge in [-0.25, -0.2) is 4.98 Å². The molecule has 0 fully saturated rings. The van der Waals surface area contributed by atoms with Crippen LogP contribution in [0, 0.1) is 0 Å². The minimum Gasteiger partial charge on any atom is -0.481 e. The summed E-state index contributed by atoms with van der Waals surface area (Å²) in [5.74, 6) is 0.413. The summed E-state index contributed by atoms with van der Waals surface area (Å²) in [6, 6.07) is 1.40. The Bertz CT molecular complexity index is 468. The molecule has 6 nitrogen and oxygen atoms in total. The molecule has 1 heterocycles. The molecule has 2 N–H and O–H groups in total. The first-order chi connectivity index (χ1) is 8.43. The van der Waals surface area contributed by atoms with Crippen molar-refractivity contribution in [3.8, 4) is 0 Å². The van der Waals surface area contributed by atoms with Crippen molar-refractivity contribution < 1.29 is 9.90 Å². The largest absolute Gasteiger partial charge is 0.481 e. The lowest BCUT2D eigenvalue weighted by Gasteiger charge is -2.21. The average Bonchev–Trinajstić information content (AvgIpc) is 2.28. The normalized spacial score (nSPS) is 10.7. The van der Waals surface area contributed by atoms with E-state index in [0.29, 0.717) is 24.7 Å². The third-order valence-electron chi connectivity index (χ3n) is 2.59. The molecule has 0 bridgehead atoms. The fourth-order valence-electron chi connectivity index (χ4n) is 1.56. The molecule has 0 aliphatic heterocycles. The monoisotopic (exact) mass is 253 g/mol. The van der Waals surface area contributed by atoms with E-state index in [9.17, 15) is 9.59 Å². The van der Waals surface area contributed by atoms with Gasteiger partial charge in [-0.3, -0.25) is 9.59 Å². The van der Waals surface area contributed by atoms with Gasteiger partial charge in [0.25, 0.3) is 5.56 Å². The van der Waals surface area contributed by atoms with Gasteiger partial charge in [0.1, 0.15) is 11.6 Å². The number of aromatic nitrogens is 2. The second-order valence-electron chi connectivity index (χ2n) is 4.37. The Morgan fingerprint density at radius 2 is 2.22 bits per heavy atom. The standard InChI is InChI=1S/C12H19N3O3/c1-4-15(6-5-11(17)18)9-7-10(16)14-12(13-9)8(2)3/h7-8H,4-6H2,1-3H3,(H,17,18)(H,13,14,16). The van der Waals surface area contributed by atoms with Crippen molar-refractivity contribution >= 4 is 11.8 Å². The van der Waals surface area contributed by atoms with Crippen LogP contribution in [-0.4, -0.2) is 34.1 Å². The van der Waals surface area contributed by atoms with Crippen molar-refractivity contribution in [1.29, 1.82) is 0 Å². The van der Waals surface area contributed by atoms with Crippen LogP contribution in [0.25, 0.3) is 0 Å². The number of carbonyl (C=O) groups is 1. The number of H-pyrrole nitrogens is 1. The van der Waals surface area contributed by atoms with E-state index in [1.165, 1.54) is 6.07 Å². The van der Waals surface area contributed by atoms with Crippen molar-refractivity contribution in [1.82, 2.24) is 9.97 Å². The van der Waals surface area contributed by atoms with Crippen LogP contribution in [0.3, 0.4) is 0 Å². The average molecular weight is 253 g/mol. The fourth-order valence-corrected chi connectivity index (χ4v) is 1.56. The summed E-state index contributed by atoms with van der Waals surface area (Å²) in [6.45, 7) is 6.74. The molecule has 1 rings (SSSR count). The number of nitrogens with zero attached hydrogens (tertiary/aromatic N) is 2. The summed E-state index contributed by atoms with van der Waals surface area (Å²) in [4.78, 5) is 30.9. The van der Waals surface area contributed by atoms with E-state index in [4.69, 9.17) is 5.11 Å². The highest BCUT2D eigenvalue weighted by Crippen LogP contribution is 2.13. The Hall–Kier alpha value is -1.85. The molecule has 0 aliphatic rings. The molecule has 0 aliphatic carbocycles. The zero-order valence-electron chi connectivity index (χ0n) is 10.9. The highest BCUT2D eigenvalue weighted by Gasteiger charge is 2.11. The maximum absolute atomic E-state index is 11.5. The third kappa shape index (κ3) is 3.87. The van der Waals surface area contributed by atoms with Crippen LogP contribution in [0.15, 0.2) is 10.9 Å². The van der Waals surface area contributed by atoms with Gasteiger partial charge >= 0.3 is 5.97 Å². The molecule has 1 aromatic rings. The number of carboxylic acids is 1. The third-order valence-corrected chi connectivity index (χ3v) is 2.59. The van der Waals surface area contributed by atoms with E-state index in [0.717, 1.165) is 0 Å². The van der Waals surface area contributed by atoms with E-state index < -0.39 is 5.97 Å². The van der Waals surface area contributed by atoms with Gasteiger partial charge in [-0.05, 0) is 6.92 Å². The van der Waals surface area contributed by atoms with Crippen LogP contribution in [0.5, 0.6) is 0 Å². The van der Waals surface area contributed by atoms with Crippen LogP contribution >= 0.6 is 0 Å². The molecule has 0 atom stereocenters. The van der Waals surface area contributed by atoms with Gasteiger partial charge in [0.05, 0.1) is 6.42 Å². The van der Waals surface area contributed by atoms with Crippen LogP contribution in [0.1, 0.15) is 38.9 Å². The molecule has 6 heteroatoms. The van der Waals surface area contributed by atoms with Gasteiger partial charge < -0.3 is 15.0 Å². The van der Waals surface area contributed by atoms with E-state index >= 15 is 0 Å². The van der Waals surface area contributed by atoms with E-state index in [-0.39, 0.29) is 17.9 Å². The van der Waals surface area contributed by atoms with Crippen molar-refractivity contribution in [3.05, 3.63) is 22.2 Å².